The van der Waals surface area contributed by atoms with Gasteiger partial charge in [0.2, 0.25) is 0 Å². The van der Waals surface area contributed by atoms with Crippen molar-refractivity contribution in [1.82, 2.24) is 9.97 Å². The zero-order chi connectivity index (χ0) is 13.1. The number of anilines is 1. The van der Waals surface area contributed by atoms with Crippen molar-refractivity contribution in [2.45, 2.75) is 23.8 Å². The lowest BCUT2D eigenvalue weighted by Gasteiger charge is -2.08. The number of nitrogens with one attached hydrogen (secondary N) is 1. The molecule has 0 radical (unpaired) electrons. The van der Waals surface area contributed by atoms with E-state index >= 15 is 0 Å². The summed E-state index contributed by atoms with van der Waals surface area (Å²) in [6.45, 7) is 4.23. The molecule has 3 nitrogen and oxygen atoms in total. The van der Waals surface area contributed by atoms with Crippen molar-refractivity contribution < 1.29 is 0 Å². The number of benzene rings is 1. The molecule has 0 saturated heterocycles. The van der Waals surface area contributed by atoms with Gasteiger partial charge in [0.1, 0.15) is 17.2 Å². The molecule has 94 valence electrons. The zero-order valence-corrected chi connectivity index (χ0v) is 12.9. The predicted molar refractivity (Wildman–Crippen MR) is 79.3 cm³/mol. The van der Waals surface area contributed by atoms with Gasteiger partial charge in [-0.1, -0.05) is 17.8 Å². The maximum atomic E-state index is 4.30. The first-order valence-electron chi connectivity index (χ1n) is 5.55. The molecular weight excluding hydrogens is 310 g/mol. The molecule has 2 aromatic rings. The molecule has 0 saturated carbocycles. The molecule has 0 bridgehead atoms. The van der Waals surface area contributed by atoms with E-state index in [-0.39, 0.29) is 0 Å². The smallest absolute Gasteiger partial charge is 0.144 e. The summed E-state index contributed by atoms with van der Waals surface area (Å²) in [5.41, 5.74) is 2.59. The van der Waals surface area contributed by atoms with Crippen LogP contribution in [0.1, 0.15) is 11.1 Å². The monoisotopic (exact) mass is 323 g/mol. The average Bonchev–Trinajstić information content (AvgIpc) is 2.36. The minimum atomic E-state index is 0.802. The van der Waals surface area contributed by atoms with Crippen molar-refractivity contribution in [1.29, 1.82) is 0 Å². The summed E-state index contributed by atoms with van der Waals surface area (Å²) in [5.74, 6) is 0.802. The molecule has 0 aliphatic heterocycles. The number of rotatable bonds is 3. The lowest BCUT2D eigenvalue weighted by Crippen LogP contribution is -1.96. The second kappa shape index (κ2) is 5.71. The molecular formula is C13H14BrN3S. The van der Waals surface area contributed by atoms with Crippen molar-refractivity contribution in [3.8, 4) is 0 Å². The van der Waals surface area contributed by atoms with Crippen LogP contribution < -0.4 is 5.32 Å². The molecule has 0 atom stereocenters. The van der Waals surface area contributed by atoms with Gasteiger partial charge in [-0.3, -0.25) is 0 Å². The summed E-state index contributed by atoms with van der Waals surface area (Å²) in [6, 6.07) is 6.42. The van der Waals surface area contributed by atoms with Crippen LogP contribution in [0.4, 0.5) is 5.82 Å². The Hall–Kier alpha value is -1.07. The second-order valence-electron chi connectivity index (χ2n) is 3.94. The topological polar surface area (TPSA) is 37.8 Å². The van der Waals surface area contributed by atoms with Crippen LogP contribution in [0.25, 0.3) is 0 Å². The number of hydrogen-bond donors (Lipinski definition) is 1. The highest BCUT2D eigenvalue weighted by atomic mass is 79.9. The Morgan fingerprint density at radius 3 is 2.61 bits per heavy atom. The molecule has 0 amide bonds. The van der Waals surface area contributed by atoms with Gasteiger partial charge >= 0.3 is 0 Å². The van der Waals surface area contributed by atoms with Gasteiger partial charge in [-0.25, -0.2) is 9.97 Å². The minimum Gasteiger partial charge on any atom is -0.372 e. The van der Waals surface area contributed by atoms with Gasteiger partial charge in [0.25, 0.3) is 0 Å². The molecule has 18 heavy (non-hydrogen) atoms. The van der Waals surface area contributed by atoms with E-state index in [1.54, 1.807) is 18.1 Å². The lowest BCUT2D eigenvalue weighted by atomic mass is 10.1. The van der Waals surface area contributed by atoms with Crippen LogP contribution in [0, 0.1) is 13.8 Å². The van der Waals surface area contributed by atoms with E-state index in [1.807, 2.05) is 7.05 Å². The number of hydrogen-bond acceptors (Lipinski definition) is 4. The summed E-state index contributed by atoms with van der Waals surface area (Å²) in [6.07, 6.45) is 1.57. The SMILES string of the molecule is CNc1ncnc(Sc2ccc(C)c(C)c2)c1Br. The minimum absolute atomic E-state index is 0.802. The molecule has 0 fully saturated rings. The van der Waals surface area contributed by atoms with E-state index in [4.69, 9.17) is 0 Å². The Balaban J connectivity index is 2.31. The number of halogens is 1. The van der Waals surface area contributed by atoms with E-state index in [9.17, 15) is 0 Å². The van der Waals surface area contributed by atoms with Gasteiger partial charge in [-0.2, -0.15) is 0 Å². The van der Waals surface area contributed by atoms with E-state index in [2.05, 4.69) is 63.3 Å². The molecule has 0 aliphatic carbocycles. The van der Waals surface area contributed by atoms with Crippen LogP contribution in [0.15, 0.2) is 38.9 Å². The summed E-state index contributed by atoms with van der Waals surface area (Å²) < 4.78 is 0.899. The quantitative estimate of drug-likeness (QED) is 0.865. The van der Waals surface area contributed by atoms with Crippen LogP contribution in [-0.4, -0.2) is 17.0 Å². The van der Waals surface area contributed by atoms with E-state index in [0.29, 0.717) is 0 Å². The molecule has 0 unspecified atom stereocenters. The maximum Gasteiger partial charge on any atom is 0.144 e. The Morgan fingerprint density at radius 2 is 1.94 bits per heavy atom. The summed E-state index contributed by atoms with van der Waals surface area (Å²) >= 11 is 5.15. The summed E-state index contributed by atoms with van der Waals surface area (Å²) in [5, 5.41) is 3.95. The standard InChI is InChI=1S/C13H14BrN3S/c1-8-4-5-10(6-9(8)2)18-13-11(14)12(15-3)16-7-17-13/h4-7H,1-3H3,(H,15,16,17). The highest BCUT2D eigenvalue weighted by Gasteiger charge is 2.09. The molecule has 1 N–H and O–H groups in total. The van der Waals surface area contributed by atoms with Crippen LogP contribution >= 0.6 is 27.7 Å². The van der Waals surface area contributed by atoms with Gasteiger partial charge in [-0.15, -0.1) is 0 Å². The number of aromatic nitrogens is 2. The molecule has 1 aromatic heterocycles. The van der Waals surface area contributed by atoms with Crippen molar-refractivity contribution in [2.75, 3.05) is 12.4 Å². The normalized spacial score (nSPS) is 10.4. The first-order valence-corrected chi connectivity index (χ1v) is 7.16. The number of nitrogens with zero attached hydrogens (tertiary/aromatic N) is 2. The van der Waals surface area contributed by atoms with Gasteiger partial charge in [0.05, 0.1) is 4.47 Å². The van der Waals surface area contributed by atoms with Crippen molar-refractivity contribution in [3.63, 3.8) is 0 Å². The first kappa shape index (κ1) is 13.4. The third-order valence-corrected chi connectivity index (χ3v) is 4.69. The molecule has 2 rings (SSSR count). The summed E-state index contributed by atoms with van der Waals surface area (Å²) in [7, 11) is 1.84. The molecule has 0 aliphatic rings. The van der Waals surface area contributed by atoms with Gasteiger partial charge in [-0.05, 0) is 53.0 Å². The van der Waals surface area contributed by atoms with Crippen LogP contribution in [0.5, 0.6) is 0 Å². The third kappa shape index (κ3) is 2.84. The molecule has 1 aromatic carbocycles. The Labute approximate surface area is 120 Å². The molecule has 1 heterocycles. The second-order valence-corrected chi connectivity index (χ2v) is 5.79. The molecule has 0 spiro atoms. The maximum absolute atomic E-state index is 4.30. The Bertz CT molecular complexity index is 572. The fourth-order valence-electron chi connectivity index (χ4n) is 1.49. The summed E-state index contributed by atoms with van der Waals surface area (Å²) in [4.78, 5) is 9.63. The van der Waals surface area contributed by atoms with E-state index in [0.717, 1.165) is 15.3 Å². The molecule has 5 heteroatoms. The van der Waals surface area contributed by atoms with Crippen LogP contribution in [0.3, 0.4) is 0 Å². The predicted octanol–water partition coefficient (Wildman–Crippen LogP) is 4.05. The van der Waals surface area contributed by atoms with E-state index < -0.39 is 0 Å². The lowest BCUT2D eigenvalue weighted by molar-refractivity contribution is 1.02. The van der Waals surface area contributed by atoms with E-state index in [1.165, 1.54) is 16.0 Å². The van der Waals surface area contributed by atoms with Gasteiger partial charge < -0.3 is 5.32 Å². The zero-order valence-electron chi connectivity index (χ0n) is 10.5. The highest BCUT2D eigenvalue weighted by Crippen LogP contribution is 2.35. The van der Waals surface area contributed by atoms with Crippen LogP contribution in [0.2, 0.25) is 0 Å². The van der Waals surface area contributed by atoms with Crippen LogP contribution in [-0.2, 0) is 0 Å². The number of aryl methyl sites for hydroxylation is 2. The van der Waals surface area contributed by atoms with Crippen molar-refractivity contribution >= 4 is 33.5 Å². The Kier molecular flexibility index (Phi) is 4.24. The Morgan fingerprint density at radius 1 is 1.17 bits per heavy atom. The van der Waals surface area contributed by atoms with Crippen molar-refractivity contribution in [3.05, 3.63) is 40.1 Å². The van der Waals surface area contributed by atoms with Gasteiger partial charge in [0, 0.05) is 11.9 Å². The van der Waals surface area contributed by atoms with Crippen molar-refractivity contribution in [2.24, 2.45) is 0 Å². The van der Waals surface area contributed by atoms with Gasteiger partial charge in [0.15, 0.2) is 0 Å². The average molecular weight is 324 g/mol. The fourth-order valence-corrected chi connectivity index (χ4v) is 3.02. The third-order valence-electron chi connectivity index (χ3n) is 2.69. The first-order chi connectivity index (χ1) is 8.61. The highest BCUT2D eigenvalue weighted by molar-refractivity contribution is 9.10. The largest absolute Gasteiger partial charge is 0.372 e. The fraction of sp³-hybridized carbons (Fsp3) is 0.231.